The summed E-state index contributed by atoms with van der Waals surface area (Å²) in [4.78, 5) is 1.29. The molecular weight excluding hydrogens is 232 g/mol. The molecule has 17 heavy (non-hydrogen) atoms. The van der Waals surface area contributed by atoms with Gasteiger partial charge < -0.3 is 5.11 Å². The van der Waals surface area contributed by atoms with Crippen LogP contribution in [0.5, 0.6) is 0 Å². The van der Waals surface area contributed by atoms with Crippen LogP contribution >= 0.6 is 11.8 Å². The van der Waals surface area contributed by atoms with Gasteiger partial charge >= 0.3 is 0 Å². The molecule has 3 rings (SSSR count). The first-order valence-electron chi connectivity index (χ1n) is 5.66. The predicted molar refractivity (Wildman–Crippen MR) is 68.0 cm³/mol. The molecule has 1 aliphatic rings. The lowest BCUT2D eigenvalue weighted by atomic mass is 10.1. The van der Waals surface area contributed by atoms with Crippen molar-refractivity contribution in [2.45, 2.75) is 22.7 Å². The second kappa shape index (κ2) is 4.20. The van der Waals surface area contributed by atoms with Crippen LogP contribution in [-0.4, -0.2) is 20.1 Å². The van der Waals surface area contributed by atoms with Crippen LogP contribution in [0.15, 0.2) is 41.4 Å². The third-order valence-electron chi connectivity index (χ3n) is 3.19. The van der Waals surface area contributed by atoms with Gasteiger partial charge in [0.2, 0.25) is 0 Å². The average molecular weight is 246 g/mol. The van der Waals surface area contributed by atoms with E-state index in [2.05, 4.69) is 23.3 Å². The first-order valence-corrected chi connectivity index (χ1v) is 6.54. The van der Waals surface area contributed by atoms with Gasteiger partial charge in [0.25, 0.3) is 0 Å². The highest BCUT2D eigenvalue weighted by Gasteiger charge is 2.30. The molecule has 0 bridgehead atoms. The quantitative estimate of drug-likeness (QED) is 0.882. The molecule has 1 aliphatic heterocycles. The Labute approximate surface area is 104 Å². The molecule has 2 aromatic rings. The van der Waals surface area contributed by atoms with Gasteiger partial charge in [-0.05, 0) is 24.1 Å². The number of aromatic nitrogens is 2. The minimum Gasteiger partial charge on any atom is -0.386 e. The molecule has 0 saturated heterocycles. The molecule has 0 saturated carbocycles. The highest BCUT2D eigenvalue weighted by Crippen LogP contribution is 2.42. The maximum atomic E-state index is 10.4. The first kappa shape index (κ1) is 10.9. The number of hydrogen-bond acceptors (Lipinski definition) is 3. The molecule has 1 aromatic carbocycles. The Bertz CT molecular complexity index is 513. The first-order chi connectivity index (χ1) is 8.25. The highest BCUT2D eigenvalue weighted by atomic mass is 32.2. The maximum Gasteiger partial charge on any atom is 0.108 e. The number of thioether (sulfide) groups is 1. The molecule has 2 heterocycles. The molecule has 2 unspecified atom stereocenters. The second-order valence-corrected chi connectivity index (χ2v) is 5.57. The Morgan fingerprint density at radius 2 is 2.24 bits per heavy atom. The molecule has 4 heteroatoms. The Balaban J connectivity index is 1.83. The van der Waals surface area contributed by atoms with E-state index in [1.807, 2.05) is 19.2 Å². The van der Waals surface area contributed by atoms with Gasteiger partial charge in [-0.2, -0.15) is 5.10 Å². The minimum absolute atomic E-state index is 0.197. The maximum absolute atomic E-state index is 10.4. The summed E-state index contributed by atoms with van der Waals surface area (Å²) in [7, 11) is 1.87. The molecular formula is C13H14N2OS. The average Bonchev–Trinajstić information content (AvgIpc) is 2.93. The highest BCUT2D eigenvalue weighted by molar-refractivity contribution is 8.00. The van der Waals surface area contributed by atoms with Crippen LogP contribution in [0, 0.1) is 0 Å². The lowest BCUT2D eigenvalue weighted by Crippen LogP contribution is -2.17. The second-order valence-electron chi connectivity index (χ2n) is 4.29. The lowest BCUT2D eigenvalue weighted by molar-refractivity contribution is 0.165. The van der Waals surface area contributed by atoms with Crippen molar-refractivity contribution in [1.82, 2.24) is 9.78 Å². The Morgan fingerprint density at radius 1 is 1.41 bits per heavy atom. The van der Waals surface area contributed by atoms with Crippen molar-refractivity contribution in [3.63, 3.8) is 0 Å². The molecule has 1 aromatic heterocycles. The molecule has 0 fully saturated rings. The molecule has 0 aliphatic carbocycles. The van der Waals surface area contributed by atoms with E-state index in [9.17, 15) is 5.11 Å². The fourth-order valence-electron chi connectivity index (χ4n) is 2.25. The fraction of sp³-hybridized carbons (Fsp3) is 0.308. The third kappa shape index (κ3) is 1.87. The minimum atomic E-state index is -0.458. The van der Waals surface area contributed by atoms with E-state index in [1.54, 1.807) is 22.6 Å². The van der Waals surface area contributed by atoms with Gasteiger partial charge in [-0.3, -0.25) is 4.68 Å². The summed E-state index contributed by atoms with van der Waals surface area (Å²) in [6.45, 7) is 0. The summed E-state index contributed by atoms with van der Waals surface area (Å²) in [6.07, 6.45) is 2.19. The van der Waals surface area contributed by atoms with E-state index in [0.29, 0.717) is 0 Å². The Kier molecular flexibility index (Phi) is 2.68. The molecule has 1 N–H and O–H groups in total. The van der Waals surface area contributed by atoms with E-state index in [4.69, 9.17) is 0 Å². The van der Waals surface area contributed by atoms with Gasteiger partial charge in [0, 0.05) is 23.4 Å². The van der Waals surface area contributed by atoms with Gasteiger partial charge in [-0.1, -0.05) is 18.2 Å². The molecule has 0 radical (unpaired) electrons. The van der Waals surface area contributed by atoms with E-state index in [-0.39, 0.29) is 5.25 Å². The van der Waals surface area contributed by atoms with Gasteiger partial charge in [-0.25, -0.2) is 0 Å². The number of fused-ring (bicyclic) bond motifs is 1. The third-order valence-corrected chi connectivity index (χ3v) is 4.57. The number of hydrogen-bond donors (Lipinski definition) is 1. The fourth-order valence-corrected chi connectivity index (χ4v) is 3.57. The van der Waals surface area contributed by atoms with Gasteiger partial charge in [0.15, 0.2) is 0 Å². The number of aliphatic hydroxyl groups excluding tert-OH is 1. The number of rotatable bonds is 2. The number of aryl methyl sites for hydroxylation is 1. The number of nitrogens with zero attached hydrogens (tertiary/aromatic N) is 2. The number of benzene rings is 1. The van der Waals surface area contributed by atoms with Crippen molar-refractivity contribution in [1.29, 1.82) is 0 Å². The Hall–Kier alpha value is -1.26. The largest absolute Gasteiger partial charge is 0.386 e. The summed E-state index contributed by atoms with van der Waals surface area (Å²) in [5.41, 5.74) is 2.22. The van der Waals surface area contributed by atoms with Gasteiger partial charge in [0.1, 0.15) is 6.10 Å². The Morgan fingerprint density at radius 3 is 2.94 bits per heavy atom. The normalized spacial score (nSPS) is 20.2. The topological polar surface area (TPSA) is 38.0 Å². The van der Waals surface area contributed by atoms with Crippen LogP contribution in [0.25, 0.3) is 0 Å². The van der Waals surface area contributed by atoms with Gasteiger partial charge in [-0.15, -0.1) is 11.8 Å². The summed E-state index contributed by atoms with van der Waals surface area (Å²) >= 11 is 1.76. The zero-order valence-electron chi connectivity index (χ0n) is 9.58. The van der Waals surface area contributed by atoms with Crippen molar-refractivity contribution in [3.8, 4) is 0 Å². The van der Waals surface area contributed by atoms with Crippen LogP contribution in [0.2, 0.25) is 0 Å². The SMILES string of the molecule is Cn1nccc1C(O)C1Cc2ccccc2S1. The van der Waals surface area contributed by atoms with E-state index >= 15 is 0 Å². The van der Waals surface area contributed by atoms with Gasteiger partial charge in [0.05, 0.1) is 5.69 Å². The summed E-state index contributed by atoms with van der Waals surface area (Å²) in [5.74, 6) is 0. The zero-order valence-corrected chi connectivity index (χ0v) is 10.4. The lowest BCUT2D eigenvalue weighted by Gasteiger charge is -2.17. The predicted octanol–water partition coefficient (Wildman–Crippen LogP) is 2.17. The smallest absolute Gasteiger partial charge is 0.108 e. The summed E-state index contributed by atoms with van der Waals surface area (Å²) in [6, 6.07) is 10.2. The standard InChI is InChI=1S/C13H14N2OS/c1-15-10(6-7-14-15)13(16)12-8-9-4-2-3-5-11(9)17-12/h2-7,12-13,16H,8H2,1H3. The molecule has 2 atom stereocenters. The molecule has 0 amide bonds. The monoisotopic (exact) mass is 246 g/mol. The van der Waals surface area contributed by atoms with E-state index < -0.39 is 6.10 Å². The van der Waals surface area contributed by atoms with Crippen LogP contribution in [-0.2, 0) is 13.5 Å². The van der Waals surface area contributed by atoms with Crippen molar-refractivity contribution in [3.05, 3.63) is 47.8 Å². The molecule has 3 nitrogen and oxygen atoms in total. The van der Waals surface area contributed by atoms with Crippen molar-refractivity contribution in [2.24, 2.45) is 7.05 Å². The van der Waals surface area contributed by atoms with Crippen molar-refractivity contribution >= 4 is 11.8 Å². The van der Waals surface area contributed by atoms with Crippen LogP contribution in [0.3, 0.4) is 0 Å². The van der Waals surface area contributed by atoms with E-state index in [0.717, 1.165) is 12.1 Å². The summed E-state index contributed by atoms with van der Waals surface area (Å²) < 4.78 is 1.74. The zero-order chi connectivity index (χ0) is 11.8. The molecule has 0 spiro atoms. The van der Waals surface area contributed by atoms with E-state index in [1.165, 1.54) is 10.5 Å². The van der Waals surface area contributed by atoms with Crippen LogP contribution in [0.4, 0.5) is 0 Å². The van der Waals surface area contributed by atoms with Crippen LogP contribution < -0.4 is 0 Å². The molecule has 88 valence electrons. The van der Waals surface area contributed by atoms with Crippen molar-refractivity contribution < 1.29 is 5.11 Å². The summed E-state index contributed by atoms with van der Waals surface area (Å²) in [5, 5.41) is 14.7. The van der Waals surface area contributed by atoms with Crippen molar-refractivity contribution in [2.75, 3.05) is 0 Å². The van der Waals surface area contributed by atoms with Crippen LogP contribution in [0.1, 0.15) is 17.4 Å². The number of aliphatic hydroxyl groups is 1.